The molecule has 0 aliphatic carbocycles. The molecule has 0 fully saturated rings. The highest BCUT2D eigenvalue weighted by Gasteiger charge is 2.21. The summed E-state index contributed by atoms with van der Waals surface area (Å²) in [5.74, 6) is 0.840. The van der Waals surface area contributed by atoms with E-state index < -0.39 is 6.10 Å². The van der Waals surface area contributed by atoms with E-state index in [0.29, 0.717) is 18.9 Å². The first-order valence-electron chi connectivity index (χ1n) is 6.52. The Labute approximate surface area is 109 Å². The van der Waals surface area contributed by atoms with Crippen LogP contribution in [0.5, 0.6) is 5.75 Å². The second kappa shape index (κ2) is 7.04. The Morgan fingerprint density at radius 3 is 2.44 bits per heavy atom. The molecule has 0 heterocycles. The van der Waals surface area contributed by atoms with Crippen molar-refractivity contribution >= 4 is 5.97 Å². The first-order chi connectivity index (χ1) is 8.60. The Morgan fingerprint density at radius 2 is 1.89 bits per heavy atom. The lowest BCUT2D eigenvalue weighted by molar-refractivity contribution is -0.151. The van der Waals surface area contributed by atoms with Crippen LogP contribution in [0, 0.1) is 0 Å². The Kier molecular flexibility index (Phi) is 5.69. The monoisotopic (exact) mass is 250 g/mol. The zero-order valence-electron chi connectivity index (χ0n) is 11.6. The van der Waals surface area contributed by atoms with Crippen LogP contribution in [0.1, 0.15) is 45.6 Å². The number of benzene rings is 1. The van der Waals surface area contributed by atoms with Crippen LogP contribution in [-0.4, -0.2) is 18.7 Å². The molecule has 0 amide bonds. The third kappa shape index (κ3) is 3.76. The summed E-state index contributed by atoms with van der Waals surface area (Å²) in [4.78, 5) is 11.7. The van der Waals surface area contributed by atoms with Gasteiger partial charge in [-0.1, -0.05) is 39.0 Å². The highest BCUT2D eigenvalue weighted by atomic mass is 16.6. The van der Waals surface area contributed by atoms with E-state index in [4.69, 9.17) is 9.47 Å². The number of rotatable bonds is 6. The van der Waals surface area contributed by atoms with Crippen LogP contribution in [0.15, 0.2) is 24.3 Å². The van der Waals surface area contributed by atoms with Gasteiger partial charge in [0.15, 0.2) is 6.10 Å². The maximum atomic E-state index is 11.7. The van der Waals surface area contributed by atoms with E-state index in [-0.39, 0.29) is 5.97 Å². The molecule has 100 valence electrons. The van der Waals surface area contributed by atoms with Crippen molar-refractivity contribution in [3.63, 3.8) is 0 Å². The quantitative estimate of drug-likeness (QED) is 0.724. The van der Waals surface area contributed by atoms with Gasteiger partial charge in [-0.05, 0) is 30.9 Å². The molecule has 0 bridgehead atoms. The predicted molar refractivity (Wildman–Crippen MR) is 71.9 cm³/mol. The average molecular weight is 250 g/mol. The van der Waals surface area contributed by atoms with Gasteiger partial charge < -0.3 is 9.47 Å². The molecule has 0 aliphatic heterocycles. The summed E-state index contributed by atoms with van der Waals surface area (Å²) in [6.45, 7) is 8.30. The molecule has 0 saturated heterocycles. The Balaban J connectivity index is 2.85. The minimum absolute atomic E-state index is 0.293. The van der Waals surface area contributed by atoms with E-state index in [0.717, 1.165) is 11.3 Å². The summed E-state index contributed by atoms with van der Waals surface area (Å²) in [6.07, 6.45) is 0.0792. The van der Waals surface area contributed by atoms with Gasteiger partial charge in [-0.25, -0.2) is 4.79 Å². The summed E-state index contributed by atoms with van der Waals surface area (Å²) >= 11 is 0. The fourth-order valence-corrected chi connectivity index (χ4v) is 1.75. The maximum Gasteiger partial charge on any atom is 0.347 e. The summed E-state index contributed by atoms with van der Waals surface area (Å²) in [6, 6.07) is 7.82. The SMILES string of the molecule is CCOC(=O)C(CC)Oc1ccccc1C(C)C. The second-order valence-electron chi connectivity index (χ2n) is 4.46. The Morgan fingerprint density at radius 1 is 1.22 bits per heavy atom. The van der Waals surface area contributed by atoms with E-state index >= 15 is 0 Å². The molecule has 1 unspecified atom stereocenters. The number of esters is 1. The first kappa shape index (κ1) is 14.6. The first-order valence-corrected chi connectivity index (χ1v) is 6.52. The largest absolute Gasteiger partial charge is 0.478 e. The normalized spacial score (nSPS) is 12.3. The third-order valence-corrected chi connectivity index (χ3v) is 2.73. The zero-order valence-corrected chi connectivity index (χ0v) is 11.6. The molecule has 1 atom stereocenters. The molecule has 0 N–H and O–H groups in total. The van der Waals surface area contributed by atoms with Gasteiger partial charge in [-0.3, -0.25) is 0 Å². The van der Waals surface area contributed by atoms with Crippen LogP contribution in [-0.2, 0) is 9.53 Å². The number of para-hydroxylation sites is 1. The summed E-state index contributed by atoms with van der Waals surface area (Å²) in [5.41, 5.74) is 1.11. The van der Waals surface area contributed by atoms with E-state index in [1.54, 1.807) is 6.92 Å². The number of ether oxygens (including phenoxy) is 2. The molecule has 1 rings (SSSR count). The zero-order chi connectivity index (χ0) is 13.5. The predicted octanol–water partition coefficient (Wildman–Crippen LogP) is 3.53. The Hall–Kier alpha value is -1.51. The molecule has 0 spiro atoms. The van der Waals surface area contributed by atoms with Crippen molar-refractivity contribution in [2.75, 3.05) is 6.61 Å². The van der Waals surface area contributed by atoms with Gasteiger partial charge in [0.05, 0.1) is 6.61 Å². The molecule has 0 radical (unpaired) electrons. The van der Waals surface area contributed by atoms with Gasteiger partial charge in [-0.15, -0.1) is 0 Å². The van der Waals surface area contributed by atoms with Gasteiger partial charge in [0, 0.05) is 0 Å². The van der Waals surface area contributed by atoms with E-state index in [1.807, 2.05) is 31.2 Å². The summed E-state index contributed by atoms with van der Waals surface area (Å²) < 4.78 is 10.8. The average Bonchev–Trinajstić information content (AvgIpc) is 2.36. The van der Waals surface area contributed by atoms with Gasteiger partial charge in [0.1, 0.15) is 5.75 Å². The third-order valence-electron chi connectivity index (χ3n) is 2.73. The highest BCUT2D eigenvalue weighted by molar-refractivity contribution is 5.75. The molecule has 3 nitrogen and oxygen atoms in total. The van der Waals surface area contributed by atoms with Crippen molar-refractivity contribution in [1.29, 1.82) is 0 Å². The molecule has 1 aromatic carbocycles. The van der Waals surface area contributed by atoms with Gasteiger partial charge in [0.25, 0.3) is 0 Å². The fraction of sp³-hybridized carbons (Fsp3) is 0.533. The minimum Gasteiger partial charge on any atom is -0.478 e. The van der Waals surface area contributed by atoms with Crippen LogP contribution in [0.4, 0.5) is 0 Å². The molecular formula is C15H22O3. The number of hydrogen-bond acceptors (Lipinski definition) is 3. The van der Waals surface area contributed by atoms with Crippen LogP contribution < -0.4 is 4.74 Å². The molecule has 3 heteroatoms. The molecule has 0 saturated carbocycles. The summed E-state index contributed by atoms with van der Waals surface area (Å²) in [5, 5.41) is 0. The summed E-state index contributed by atoms with van der Waals surface area (Å²) in [7, 11) is 0. The van der Waals surface area contributed by atoms with Gasteiger partial charge in [0.2, 0.25) is 0 Å². The standard InChI is InChI=1S/C15H22O3/c1-5-13(15(16)17-6-2)18-14-10-8-7-9-12(14)11(3)4/h7-11,13H,5-6H2,1-4H3. The number of hydrogen-bond donors (Lipinski definition) is 0. The highest BCUT2D eigenvalue weighted by Crippen LogP contribution is 2.27. The van der Waals surface area contributed by atoms with Crippen LogP contribution in [0.3, 0.4) is 0 Å². The van der Waals surface area contributed by atoms with Crippen molar-refractivity contribution < 1.29 is 14.3 Å². The molecule has 18 heavy (non-hydrogen) atoms. The fourth-order valence-electron chi connectivity index (χ4n) is 1.75. The molecular weight excluding hydrogens is 228 g/mol. The van der Waals surface area contributed by atoms with Crippen LogP contribution in [0.25, 0.3) is 0 Å². The van der Waals surface area contributed by atoms with E-state index in [1.165, 1.54) is 0 Å². The smallest absolute Gasteiger partial charge is 0.347 e. The number of carbonyl (C=O) groups is 1. The lowest BCUT2D eigenvalue weighted by Crippen LogP contribution is -2.29. The molecule has 0 aromatic heterocycles. The van der Waals surface area contributed by atoms with Gasteiger partial charge >= 0.3 is 5.97 Å². The minimum atomic E-state index is -0.523. The van der Waals surface area contributed by atoms with Crippen molar-refractivity contribution in [1.82, 2.24) is 0 Å². The topological polar surface area (TPSA) is 35.5 Å². The van der Waals surface area contributed by atoms with Crippen molar-refractivity contribution in [3.8, 4) is 5.75 Å². The van der Waals surface area contributed by atoms with Gasteiger partial charge in [-0.2, -0.15) is 0 Å². The lowest BCUT2D eigenvalue weighted by Gasteiger charge is -2.19. The van der Waals surface area contributed by atoms with Crippen LogP contribution >= 0.6 is 0 Å². The second-order valence-corrected chi connectivity index (χ2v) is 4.46. The lowest BCUT2D eigenvalue weighted by atomic mass is 10.0. The number of carbonyl (C=O) groups excluding carboxylic acids is 1. The maximum absolute atomic E-state index is 11.7. The molecule has 0 aliphatic rings. The Bertz CT molecular complexity index is 385. The van der Waals surface area contributed by atoms with E-state index in [9.17, 15) is 4.79 Å². The molecule has 1 aromatic rings. The van der Waals surface area contributed by atoms with E-state index in [2.05, 4.69) is 13.8 Å². The van der Waals surface area contributed by atoms with Crippen LogP contribution in [0.2, 0.25) is 0 Å². The van der Waals surface area contributed by atoms with Crippen molar-refractivity contribution in [2.45, 2.75) is 46.1 Å². The van der Waals surface area contributed by atoms with Crippen molar-refractivity contribution in [3.05, 3.63) is 29.8 Å². The van der Waals surface area contributed by atoms with Crippen molar-refractivity contribution in [2.24, 2.45) is 0 Å².